The average molecular weight is 384 g/mol. The summed E-state index contributed by atoms with van der Waals surface area (Å²) in [6.07, 6.45) is 0. The van der Waals surface area contributed by atoms with E-state index in [1.807, 2.05) is 42.5 Å². The number of hydrogen-bond donors (Lipinski definition) is 3. The number of rotatable bonds is 4. The fraction of sp³-hybridized carbons (Fsp3) is 0.167. The zero-order chi connectivity index (χ0) is 17.9. The number of hydrogen-bond acceptors (Lipinski definition) is 6. The van der Waals surface area contributed by atoms with Crippen LogP contribution in [-0.2, 0) is 4.79 Å². The van der Waals surface area contributed by atoms with Crippen molar-refractivity contribution < 1.29 is 9.21 Å². The van der Waals surface area contributed by atoms with E-state index in [1.54, 1.807) is 11.8 Å². The van der Waals surface area contributed by atoms with Crippen LogP contribution in [0.4, 0.5) is 5.69 Å². The highest BCUT2D eigenvalue weighted by Gasteiger charge is 2.30. The Kier molecular flexibility index (Phi) is 4.87. The van der Waals surface area contributed by atoms with Crippen molar-refractivity contribution in [3.8, 4) is 11.5 Å². The molecule has 0 radical (unpaired) electrons. The van der Waals surface area contributed by atoms with Gasteiger partial charge in [0.25, 0.3) is 4.84 Å². The standard InChI is InChI=1S/C18H16N4O2S2/c23-15(14-10-26-17(20-14)12-4-2-1-3-5-12)19-13-8-6-11(7-9-13)16-21-22-18(25)24-16/h1-9,14,17,20H,10H2,(H,19,23)(H,22,25). The number of benzene rings is 2. The van der Waals surface area contributed by atoms with Crippen LogP contribution in [0.1, 0.15) is 10.9 Å². The Morgan fingerprint density at radius 3 is 2.65 bits per heavy atom. The smallest absolute Gasteiger partial charge is 0.284 e. The summed E-state index contributed by atoms with van der Waals surface area (Å²) in [5.41, 5.74) is 2.69. The molecule has 8 heteroatoms. The Labute approximate surface area is 159 Å². The molecule has 2 aromatic carbocycles. The third-order valence-electron chi connectivity index (χ3n) is 4.04. The second-order valence-electron chi connectivity index (χ2n) is 5.83. The first kappa shape index (κ1) is 17.0. The van der Waals surface area contributed by atoms with Gasteiger partial charge in [-0.25, -0.2) is 5.10 Å². The number of H-pyrrole nitrogens is 1. The van der Waals surface area contributed by atoms with Gasteiger partial charge in [-0.05, 0) is 42.0 Å². The molecule has 2 atom stereocenters. The van der Waals surface area contributed by atoms with Gasteiger partial charge in [0.15, 0.2) is 0 Å². The number of nitrogens with zero attached hydrogens (tertiary/aromatic N) is 1. The molecule has 4 rings (SSSR count). The lowest BCUT2D eigenvalue weighted by Gasteiger charge is -2.14. The van der Waals surface area contributed by atoms with E-state index in [-0.39, 0.29) is 22.2 Å². The summed E-state index contributed by atoms with van der Waals surface area (Å²) in [4.78, 5) is 12.7. The van der Waals surface area contributed by atoms with Crippen molar-refractivity contribution in [2.45, 2.75) is 11.4 Å². The molecule has 0 spiro atoms. The Balaban J connectivity index is 1.38. The van der Waals surface area contributed by atoms with E-state index in [0.717, 1.165) is 17.0 Å². The van der Waals surface area contributed by atoms with Crippen LogP contribution in [0.15, 0.2) is 59.0 Å². The molecule has 3 aromatic rings. The zero-order valence-corrected chi connectivity index (χ0v) is 15.3. The minimum Gasteiger partial charge on any atom is -0.409 e. The number of thioether (sulfide) groups is 1. The van der Waals surface area contributed by atoms with Crippen LogP contribution in [0.3, 0.4) is 0 Å². The molecule has 2 heterocycles. The van der Waals surface area contributed by atoms with Crippen molar-refractivity contribution in [1.29, 1.82) is 0 Å². The van der Waals surface area contributed by atoms with Gasteiger partial charge >= 0.3 is 0 Å². The molecule has 2 unspecified atom stereocenters. The third kappa shape index (κ3) is 3.72. The Morgan fingerprint density at radius 2 is 1.96 bits per heavy atom. The molecular formula is C18H16N4O2S2. The minimum absolute atomic E-state index is 0.0408. The fourth-order valence-electron chi connectivity index (χ4n) is 2.72. The highest BCUT2D eigenvalue weighted by atomic mass is 32.2. The molecule has 1 amide bonds. The average Bonchev–Trinajstić information content (AvgIpc) is 3.32. The number of anilines is 1. The maximum absolute atomic E-state index is 12.5. The van der Waals surface area contributed by atoms with E-state index >= 15 is 0 Å². The van der Waals surface area contributed by atoms with Gasteiger partial charge in [0.1, 0.15) is 0 Å². The predicted molar refractivity (Wildman–Crippen MR) is 104 cm³/mol. The summed E-state index contributed by atoms with van der Waals surface area (Å²) in [5.74, 6) is 1.12. The van der Waals surface area contributed by atoms with E-state index < -0.39 is 0 Å². The van der Waals surface area contributed by atoms with Gasteiger partial charge in [-0.15, -0.1) is 16.9 Å². The lowest BCUT2D eigenvalue weighted by Crippen LogP contribution is -2.38. The molecule has 0 bridgehead atoms. The van der Waals surface area contributed by atoms with E-state index in [9.17, 15) is 4.79 Å². The number of carbonyl (C=O) groups excluding carboxylic acids is 1. The molecule has 1 aromatic heterocycles. The number of amides is 1. The fourth-order valence-corrected chi connectivity index (χ4v) is 4.09. The van der Waals surface area contributed by atoms with E-state index in [0.29, 0.717) is 5.89 Å². The van der Waals surface area contributed by atoms with Gasteiger partial charge < -0.3 is 9.73 Å². The second-order valence-corrected chi connectivity index (χ2v) is 7.34. The van der Waals surface area contributed by atoms with Crippen LogP contribution >= 0.6 is 24.0 Å². The summed E-state index contributed by atoms with van der Waals surface area (Å²) < 4.78 is 5.27. The molecule has 0 saturated carbocycles. The van der Waals surface area contributed by atoms with Crippen molar-refractivity contribution in [3.63, 3.8) is 0 Å². The Morgan fingerprint density at radius 1 is 1.19 bits per heavy atom. The van der Waals surface area contributed by atoms with Crippen LogP contribution in [0.25, 0.3) is 11.5 Å². The summed E-state index contributed by atoms with van der Waals surface area (Å²) in [5, 5.41) is 13.0. The van der Waals surface area contributed by atoms with Crippen molar-refractivity contribution >= 4 is 35.6 Å². The maximum Gasteiger partial charge on any atom is 0.284 e. The highest BCUT2D eigenvalue weighted by molar-refractivity contribution is 7.99. The number of aromatic nitrogens is 2. The molecule has 0 aliphatic carbocycles. The predicted octanol–water partition coefficient (Wildman–Crippen LogP) is 3.74. The summed E-state index contributed by atoms with van der Waals surface area (Å²) in [7, 11) is 0. The van der Waals surface area contributed by atoms with Crippen LogP contribution in [-0.4, -0.2) is 27.9 Å². The topological polar surface area (TPSA) is 83.0 Å². The van der Waals surface area contributed by atoms with Gasteiger partial charge in [0.2, 0.25) is 11.8 Å². The quantitative estimate of drug-likeness (QED) is 0.595. The third-order valence-corrected chi connectivity index (χ3v) is 5.48. The van der Waals surface area contributed by atoms with Crippen molar-refractivity contribution in [2.75, 3.05) is 11.1 Å². The number of aromatic amines is 1. The summed E-state index contributed by atoms with van der Waals surface area (Å²) in [6, 6.07) is 17.2. The Hall–Kier alpha value is -2.42. The molecular weight excluding hydrogens is 368 g/mol. The monoisotopic (exact) mass is 384 g/mol. The normalized spacial score (nSPS) is 19.4. The molecule has 1 aliphatic heterocycles. The lowest BCUT2D eigenvalue weighted by molar-refractivity contribution is -0.117. The van der Waals surface area contributed by atoms with Crippen molar-refractivity contribution in [3.05, 3.63) is 65.0 Å². The van der Waals surface area contributed by atoms with Gasteiger partial charge in [-0.3, -0.25) is 10.1 Å². The zero-order valence-electron chi connectivity index (χ0n) is 13.6. The largest absolute Gasteiger partial charge is 0.409 e. The maximum atomic E-state index is 12.5. The Bertz CT molecular complexity index is 953. The molecule has 6 nitrogen and oxygen atoms in total. The molecule has 132 valence electrons. The van der Waals surface area contributed by atoms with E-state index in [1.165, 1.54) is 5.56 Å². The van der Waals surface area contributed by atoms with Gasteiger partial charge in [0.05, 0.1) is 11.4 Å². The molecule has 1 fully saturated rings. The van der Waals surface area contributed by atoms with Crippen LogP contribution < -0.4 is 10.6 Å². The van der Waals surface area contributed by atoms with Crippen LogP contribution in [0.5, 0.6) is 0 Å². The summed E-state index contributed by atoms with van der Waals surface area (Å²) in [6.45, 7) is 0. The van der Waals surface area contributed by atoms with Crippen LogP contribution in [0, 0.1) is 4.84 Å². The number of nitrogens with one attached hydrogen (secondary N) is 3. The highest BCUT2D eigenvalue weighted by Crippen LogP contribution is 2.32. The first-order valence-corrected chi connectivity index (χ1v) is 9.54. The molecule has 3 N–H and O–H groups in total. The van der Waals surface area contributed by atoms with Crippen molar-refractivity contribution in [2.24, 2.45) is 0 Å². The lowest BCUT2D eigenvalue weighted by atomic mass is 10.2. The van der Waals surface area contributed by atoms with Gasteiger partial charge in [-0.2, -0.15) is 0 Å². The van der Waals surface area contributed by atoms with E-state index in [2.05, 4.69) is 33.0 Å². The minimum atomic E-state index is -0.228. The van der Waals surface area contributed by atoms with Crippen LogP contribution in [0.2, 0.25) is 0 Å². The molecule has 1 aliphatic rings. The molecule has 1 saturated heterocycles. The summed E-state index contributed by atoms with van der Waals surface area (Å²) >= 11 is 6.61. The second kappa shape index (κ2) is 7.45. The van der Waals surface area contributed by atoms with Crippen molar-refractivity contribution in [1.82, 2.24) is 15.5 Å². The van der Waals surface area contributed by atoms with Gasteiger partial charge in [0, 0.05) is 17.0 Å². The first-order chi connectivity index (χ1) is 12.7. The number of carbonyl (C=O) groups is 1. The first-order valence-electron chi connectivity index (χ1n) is 8.08. The molecule has 26 heavy (non-hydrogen) atoms. The van der Waals surface area contributed by atoms with Gasteiger partial charge in [-0.1, -0.05) is 30.3 Å². The SMILES string of the molecule is O=C(Nc1ccc(-c2n[nH]c(=S)o2)cc1)C1CSC(c2ccccc2)N1. The van der Waals surface area contributed by atoms with E-state index in [4.69, 9.17) is 16.6 Å².